The van der Waals surface area contributed by atoms with Gasteiger partial charge in [-0.2, -0.15) is 0 Å². The molecule has 1 fully saturated rings. The largest absolute Gasteiger partial charge is 0.481 e. The molecule has 0 amide bonds. The molecule has 0 spiro atoms. The highest BCUT2D eigenvalue weighted by molar-refractivity contribution is 6.08. The molecule has 0 aliphatic carbocycles. The lowest BCUT2D eigenvalue weighted by atomic mass is 9.88. The summed E-state index contributed by atoms with van der Waals surface area (Å²) in [6.07, 6.45) is 5.09. The van der Waals surface area contributed by atoms with Gasteiger partial charge in [-0.15, -0.1) is 0 Å². The highest BCUT2D eigenvalue weighted by Crippen LogP contribution is 2.30. The van der Waals surface area contributed by atoms with E-state index in [-0.39, 0.29) is 11.8 Å². The number of para-hydroxylation sites is 1. The van der Waals surface area contributed by atoms with Crippen LogP contribution in [-0.2, 0) is 11.3 Å². The van der Waals surface area contributed by atoms with E-state index in [0.29, 0.717) is 6.54 Å². The lowest BCUT2D eigenvalue weighted by molar-refractivity contribution is -0.142. The minimum absolute atomic E-state index is 0.227. The van der Waals surface area contributed by atoms with E-state index in [9.17, 15) is 9.90 Å². The normalized spacial score (nSPS) is 21.7. The Bertz CT molecular complexity index is 686. The van der Waals surface area contributed by atoms with Crippen molar-refractivity contribution in [3.8, 4) is 0 Å². The zero-order valence-electron chi connectivity index (χ0n) is 13.6. The van der Waals surface area contributed by atoms with Crippen LogP contribution in [0, 0.1) is 11.8 Å². The Morgan fingerprint density at radius 1 is 1.30 bits per heavy atom. The summed E-state index contributed by atoms with van der Waals surface area (Å²) < 4.78 is 0. The fourth-order valence-corrected chi connectivity index (χ4v) is 3.66. The standard InChI is InChI=1S/C18H23BN2O2/c19-8-3-4-13-10-21(12-16(13)18(22)23)11-14-7-9-20-17-6-2-1-5-15(14)17/h1-2,5-7,9,13,16H,3-4,8,10-12,19H2,(H,22,23)/t13?,16-/m1/s1. The number of hydrogen-bond acceptors (Lipinski definition) is 3. The molecular formula is C18H23BN2O2. The van der Waals surface area contributed by atoms with E-state index in [1.165, 1.54) is 10.9 Å². The van der Waals surface area contributed by atoms with Crippen LogP contribution < -0.4 is 0 Å². The third-order valence-electron chi connectivity index (χ3n) is 4.90. The number of fused-ring (bicyclic) bond motifs is 1. The molecule has 3 rings (SSSR count). The van der Waals surface area contributed by atoms with Crippen LogP contribution in [0.3, 0.4) is 0 Å². The monoisotopic (exact) mass is 310 g/mol. The number of aromatic nitrogens is 1. The van der Waals surface area contributed by atoms with Crippen molar-refractivity contribution in [2.24, 2.45) is 11.8 Å². The van der Waals surface area contributed by atoms with Crippen LogP contribution in [0.2, 0.25) is 6.32 Å². The summed E-state index contributed by atoms with van der Waals surface area (Å²) in [5, 5.41) is 10.7. The molecule has 2 atom stereocenters. The topological polar surface area (TPSA) is 53.4 Å². The molecule has 1 aliphatic rings. The first-order valence-corrected chi connectivity index (χ1v) is 8.46. The van der Waals surface area contributed by atoms with Gasteiger partial charge in [0.15, 0.2) is 0 Å². The minimum Gasteiger partial charge on any atom is -0.481 e. The van der Waals surface area contributed by atoms with Gasteiger partial charge in [-0.25, -0.2) is 0 Å². The Kier molecular flexibility index (Phi) is 4.96. The van der Waals surface area contributed by atoms with Crippen molar-refractivity contribution < 1.29 is 9.90 Å². The summed E-state index contributed by atoms with van der Waals surface area (Å²) in [6.45, 7) is 2.34. The van der Waals surface area contributed by atoms with E-state index in [1.54, 1.807) is 0 Å². The van der Waals surface area contributed by atoms with E-state index in [0.717, 1.165) is 37.8 Å². The van der Waals surface area contributed by atoms with Crippen molar-refractivity contribution in [3.63, 3.8) is 0 Å². The van der Waals surface area contributed by atoms with Crippen LogP contribution >= 0.6 is 0 Å². The number of benzene rings is 1. The number of hydrogen-bond donors (Lipinski definition) is 1. The molecule has 0 radical (unpaired) electrons. The molecule has 1 aliphatic heterocycles. The zero-order valence-corrected chi connectivity index (χ0v) is 13.6. The van der Waals surface area contributed by atoms with Crippen LogP contribution in [-0.4, -0.2) is 41.9 Å². The molecule has 120 valence electrons. The maximum absolute atomic E-state index is 11.5. The number of carbonyl (C=O) groups is 1. The van der Waals surface area contributed by atoms with E-state index in [1.807, 2.05) is 24.4 Å². The van der Waals surface area contributed by atoms with Crippen LogP contribution in [0.15, 0.2) is 36.5 Å². The van der Waals surface area contributed by atoms with Crippen molar-refractivity contribution in [1.29, 1.82) is 0 Å². The zero-order chi connectivity index (χ0) is 16.2. The second kappa shape index (κ2) is 7.13. The van der Waals surface area contributed by atoms with Crippen molar-refractivity contribution in [3.05, 3.63) is 42.1 Å². The number of carboxylic acid groups (broad SMARTS) is 1. The van der Waals surface area contributed by atoms with Gasteiger partial charge >= 0.3 is 5.97 Å². The molecule has 1 aromatic heterocycles. The molecule has 1 saturated heterocycles. The molecular weight excluding hydrogens is 287 g/mol. The van der Waals surface area contributed by atoms with Gasteiger partial charge in [-0.05, 0) is 30.0 Å². The van der Waals surface area contributed by atoms with Gasteiger partial charge in [0.25, 0.3) is 0 Å². The fourth-order valence-electron chi connectivity index (χ4n) is 3.66. The number of pyridine rings is 1. The third kappa shape index (κ3) is 3.55. The van der Waals surface area contributed by atoms with E-state index in [2.05, 4.69) is 29.9 Å². The highest BCUT2D eigenvalue weighted by Gasteiger charge is 2.36. The summed E-state index contributed by atoms with van der Waals surface area (Å²) in [5.74, 6) is -0.594. The first kappa shape index (κ1) is 16.0. The van der Waals surface area contributed by atoms with Crippen LogP contribution in [0.1, 0.15) is 18.4 Å². The van der Waals surface area contributed by atoms with Gasteiger partial charge in [0, 0.05) is 31.2 Å². The van der Waals surface area contributed by atoms with Crippen LogP contribution in [0.5, 0.6) is 0 Å². The Morgan fingerprint density at radius 2 is 2.13 bits per heavy atom. The van der Waals surface area contributed by atoms with Gasteiger partial charge in [0.05, 0.1) is 11.4 Å². The van der Waals surface area contributed by atoms with E-state index in [4.69, 9.17) is 0 Å². The van der Waals surface area contributed by atoms with Crippen LogP contribution in [0.4, 0.5) is 0 Å². The average molecular weight is 310 g/mol. The van der Waals surface area contributed by atoms with E-state index >= 15 is 0 Å². The summed E-state index contributed by atoms with van der Waals surface area (Å²) >= 11 is 0. The minimum atomic E-state index is -0.645. The lowest BCUT2D eigenvalue weighted by Gasteiger charge is -2.17. The predicted molar refractivity (Wildman–Crippen MR) is 94.2 cm³/mol. The summed E-state index contributed by atoms with van der Waals surface area (Å²) in [7, 11) is 2.16. The molecule has 2 heterocycles. The maximum Gasteiger partial charge on any atom is 0.308 e. The lowest BCUT2D eigenvalue weighted by Crippen LogP contribution is -2.23. The third-order valence-corrected chi connectivity index (χ3v) is 4.90. The second-order valence-electron chi connectivity index (χ2n) is 6.53. The SMILES string of the molecule is BCCCC1CN(Cc2ccnc3ccccc23)C[C@H]1C(=O)O. The number of likely N-dealkylation sites (tertiary alicyclic amines) is 1. The van der Waals surface area contributed by atoms with Crippen molar-refractivity contribution in [2.45, 2.75) is 25.7 Å². The number of nitrogens with zero attached hydrogens (tertiary/aromatic N) is 2. The first-order chi connectivity index (χ1) is 11.2. The Hall–Kier alpha value is -1.88. The van der Waals surface area contributed by atoms with E-state index < -0.39 is 5.97 Å². The summed E-state index contributed by atoms with van der Waals surface area (Å²) in [4.78, 5) is 18.2. The molecule has 1 unspecified atom stereocenters. The van der Waals surface area contributed by atoms with Crippen molar-refractivity contribution in [2.75, 3.05) is 13.1 Å². The van der Waals surface area contributed by atoms with Gasteiger partial charge in [0.2, 0.25) is 0 Å². The first-order valence-electron chi connectivity index (χ1n) is 8.46. The highest BCUT2D eigenvalue weighted by atomic mass is 16.4. The number of carboxylic acids is 1. The summed E-state index contributed by atoms with van der Waals surface area (Å²) in [6, 6.07) is 10.2. The number of aliphatic carboxylic acids is 1. The predicted octanol–water partition coefficient (Wildman–Crippen LogP) is 2.20. The maximum atomic E-state index is 11.5. The summed E-state index contributed by atoms with van der Waals surface area (Å²) in [5.41, 5.74) is 2.23. The Morgan fingerprint density at radius 3 is 2.91 bits per heavy atom. The van der Waals surface area contributed by atoms with Gasteiger partial charge < -0.3 is 5.11 Å². The second-order valence-corrected chi connectivity index (χ2v) is 6.53. The van der Waals surface area contributed by atoms with Crippen molar-refractivity contribution >= 4 is 24.7 Å². The van der Waals surface area contributed by atoms with Gasteiger partial charge in [0.1, 0.15) is 7.85 Å². The average Bonchev–Trinajstić information content (AvgIpc) is 2.96. The molecule has 5 heteroatoms. The Labute approximate surface area is 137 Å². The van der Waals surface area contributed by atoms with Gasteiger partial charge in [-0.3, -0.25) is 14.7 Å². The molecule has 4 nitrogen and oxygen atoms in total. The van der Waals surface area contributed by atoms with Crippen molar-refractivity contribution in [1.82, 2.24) is 9.88 Å². The quantitative estimate of drug-likeness (QED) is 0.831. The molecule has 1 N–H and O–H groups in total. The molecule has 0 saturated carbocycles. The number of rotatable bonds is 6. The van der Waals surface area contributed by atoms with Gasteiger partial charge in [-0.1, -0.05) is 30.9 Å². The Balaban J connectivity index is 1.76. The van der Waals surface area contributed by atoms with Crippen LogP contribution in [0.25, 0.3) is 10.9 Å². The molecule has 1 aromatic carbocycles. The molecule has 0 bridgehead atoms. The molecule has 2 aromatic rings. The smallest absolute Gasteiger partial charge is 0.308 e. The fraction of sp³-hybridized carbons (Fsp3) is 0.444. The molecule has 23 heavy (non-hydrogen) atoms.